The SMILES string of the molecule is O=[N+]([O-])c1ccc2nc(N3CCC(NS(=O)(=O)c4ccccc4)CC3)sc2c1. The number of nitro groups is 1. The van der Waals surface area contributed by atoms with Crippen molar-refractivity contribution >= 4 is 42.4 Å². The molecule has 4 rings (SSSR count). The maximum absolute atomic E-state index is 12.5. The van der Waals surface area contributed by atoms with Crippen LogP contribution in [0.4, 0.5) is 10.8 Å². The monoisotopic (exact) mass is 418 g/mol. The van der Waals surface area contributed by atoms with Gasteiger partial charge in [-0.25, -0.2) is 18.1 Å². The predicted molar refractivity (Wildman–Crippen MR) is 108 cm³/mol. The number of sulfonamides is 1. The molecule has 1 saturated heterocycles. The highest BCUT2D eigenvalue weighted by atomic mass is 32.2. The molecule has 0 spiro atoms. The summed E-state index contributed by atoms with van der Waals surface area (Å²) in [7, 11) is -3.52. The van der Waals surface area contributed by atoms with Gasteiger partial charge in [-0.2, -0.15) is 0 Å². The van der Waals surface area contributed by atoms with Crippen molar-refractivity contribution < 1.29 is 13.3 Å². The molecule has 1 N–H and O–H groups in total. The zero-order chi connectivity index (χ0) is 19.7. The first-order valence-electron chi connectivity index (χ1n) is 8.80. The quantitative estimate of drug-likeness (QED) is 0.504. The lowest BCUT2D eigenvalue weighted by molar-refractivity contribution is -0.384. The molecule has 1 fully saturated rings. The number of piperidine rings is 1. The Morgan fingerprint density at radius 2 is 1.86 bits per heavy atom. The van der Waals surface area contributed by atoms with Gasteiger partial charge in [-0.3, -0.25) is 10.1 Å². The van der Waals surface area contributed by atoms with Gasteiger partial charge in [0.25, 0.3) is 5.69 Å². The van der Waals surface area contributed by atoms with Crippen LogP contribution in [0.1, 0.15) is 12.8 Å². The second-order valence-electron chi connectivity index (χ2n) is 6.60. The van der Waals surface area contributed by atoms with E-state index in [0.29, 0.717) is 25.9 Å². The molecule has 0 aliphatic carbocycles. The number of thiazole rings is 1. The molecule has 0 unspecified atom stereocenters. The van der Waals surface area contributed by atoms with Gasteiger partial charge in [0.1, 0.15) is 0 Å². The minimum atomic E-state index is -3.52. The number of rotatable bonds is 5. The highest BCUT2D eigenvalue weighted by Gasteiger charge is 2.26. The van der Waals surface area contributed by atoms with Crippen LogP contribution in [0, 0.1) is 10.1 Å². The van der Waals surface area contributed by atoms with Gasteiger partial charge in [-0.15, -0.1) is 0 Å². The minimum Gasteiger partial charge on any atom is -0.348 e. The number of nitro benzene ring substituents is 1. The minimum absolute atomic E-state index is 0.0525. The first-order valence-corrected chi connectivity index (χ1v) is 11.1. The zero-order valence-corrected chi connectivity index (χ0v) is 16.4. The summed E-state index contributed by atoms with van der Waals surface area (Å²) in [4.78, 5) is 17.5. The number of nitrogens with zero attached hydrogens (tertiary/aromatic N) is 3. The molecular weight excluding hydrogens is 400 g/mol. The molecule has 8 nitrogen and oxygen atoms in total. The Hall–Kier alpha value is -2.56. The molecule has 1 aliphatic rings. The van der Waals surface area contributed by atoms with Crippen LogP contribution in [-0.4, -0.2) is 37.5 Å². The molecule has 1 aliphatic heterocycles. The van der Waals surface area contributed by atoms with Crippen LogP contribution in [0.2, 0.25) is 0 Å². The number of hydrogen-bond donors (Lipinski definition) is 1. The molecule has 0 bridgehead atoms. The van der Waals surface area contributed by atoms with Gasteiger partial charge < -0.3 is 4.90 Å². The van der Waals surface area contributed by atoms with Crippen molar-refractivity contribution in [3.8, 4) is 0 Å². The molecule has 28 heavy (non-hydrogen) atoms. The van der Waals surface area contributed by atoms with Gasteiger partial charge in [0, 0.05) is 31.3 Å². The van der Waals surface area contributed by atoms with Crippen LogP contribution < -0.4 is 9.62 Å². The van der Waals surface area contributed by atoms with Gasteiger partial charge >= 0.3 is 0 Å². The lowest BCUT2D eigenvalue weighted by Crippen LogP contribution is -2.44. The van der Waals surface area contributed by atoms with E-state index in [2.05, 4.69) is 14.6 Å². The van der Waals surface area contributed by atoms with E-state index in [-0.39, 0.29) is 16.6 Å². The third-order valence-corrected chi connectivity index (χ3v) is 7.33. The Labute approximate surface area is 166 Å². The molecule has 1 aromatic heterocycles. The van der Waals surface area contributed by atoms with Crippen LogP contribution >= 0.6 is 11.3 Å². The molecule has 10 heteroatoms. The van der Waals surface area contributed by atoms with Crippen molar-refractivity contribution in [3.05, 3.63) is 58.6 Å². The van der Waals surface area contributed by atoms with Crippen LogP contribution in [0.3, 0.4) is 0 Å². The molecule has 0 atom stereocenters. The van der Waals surface area contributed by atoms with Gasteiger partial charge in [0.15, 0.2) is 5.13 Å². The van der Waals surface area contributed by atoms with Crippen molar-refractivity contribution in [1.29, 1.82) is 0 Å². The van der Waals surface area contributed by atoms with E-state index in [0.717, 1.165) is 15.3 Å². The summed E-state index contributed by atoms with van der Waals surface area (Å²) >= 11 is 1.42. The van der Waals surface area contributed by atoms with E-state index < -0.39 is 14.9 Å². The highest BCUT2D eigenvalue weighted by Crippen LogP contribution is 2.32. The fourth-order valence-corrected chi connectivity index (χ4v) is 5.60. The molecule has 0 radical (unpaired) electrons. The number of nitrogens with one attached hydrogen (secondary N) is 1. The van der Waals surface area contributed by atoms with Crippen molar-refractivity contribution in [2.75, 3.05) is 18.0 Å². The number of anilines is 1. The Morgan fingerprint density at radius 3 is 2.54 bits per heavy atom. The zero-order valence-electron chi connectivity index (χ0n) is 14.8. The molecular formula is C18H18N4O4S2. The van der Waals surface area contributed by atoms with E-state index in [9.17, 15) is 18.5 Å². The maximum atomic E-state index is 12.5. The first kappa shape index (κ1) is 18.8. The molecule has 0 amide bonds. The smallest absolute Gasteiger partial charge is 0.270 e. The van der Waals surface area contributed by atoms with E-state index in [1.165, 1.54) is 23.5 Å². The lowest BCUT2D eigenvalue weighted by atomic mass is 10.1. The largest absolute Gasteiger partial charge is 0.348 e. The molecule has 3 aromatic rings. The maximum Gasteiger partial charge on any atom is 0.270 e. The summed E-state index contributed by atoms with van der Waals surface area (Å²) in [6.45, 7) is 1.34. The van der Waals surface area contributed by atoms with Crippen LogP contribution in [0.25, 0.3) is 10.2 Å². The normalized spacial score (nSPS) is 15.8. The Morgan fingerprint density at radius 1 is 1.14 bits per heavy atom. The first-order chi connectivity index (χ1) is 13.4. The van der Waals surface area contributed by atoms with Gasteiger partial charge in [-0.1, -0.05) is 29.5 Å². The summed E-state index contributed by atoms with van der Waals surface area (Å²) in [5.41, 5.74) is 0.786. The Bertz CT molecular complexity index is 1110. The number of non-ortho nitro benzene ring substituents is 1. The third kappa shape index (κ3) is 3.84. The Balaban J connectivity index is 1.43. The van der Waals surface area contributed by atoms with Crippen molar-refractivity contribution in [3.63, 3.8) is 0 Å². The fourth-order valence-electron chi connectivity index (χ4n) is 3.23. The van der Waals surface area contributed by atoms with Gasteiger partial charge in [0.05, 0.1) is 20.0 Å². The second-order valence-corrected chi connectivity index (χ2v) is 9.32. The number of benzene rings is 2. The topological polar surface area (TPSA) is 105 Å². The van der Waals surface area contributed by atoms with E-state index >= 15 is 0 Å². The highest BCUT2D eigenvalue weighted by molar-refractivity contribution is 7.89. The summed E-state index contributed by atoms with van der Waals surface area (Å²) in [6, 6.07) is 12.9. The summed E-state index contributed by atoms with van der Waals surface area (Å²) < 4.78 is 28.5. The van der Waals surface area contributed by atoms with Crippen molar-refractivity contribution in [2.45, 2.75) is 23.8 Å². The number of aromatic nitrogens is 1. The summed E-state index contributed by atoms with van der Waals surface area (Å²) in [5, 5.41) is 11.7. The van der Waals surface area contributed by atoms with Crippen LogP contribution in [-0.2, 0) is 10.0 Å². The van der Waals surface area contributed by atoms with Gasteiger partial charge in [-0.05, 0) is 31.0 Å². The van der Waals surface area contributed by atoms with Crippen LogP contribution in [0.5, 0.6) is 0 Å². The van der Waals surface area contributed by atoms with E-state index in [4.69, 9.17) is 0 Å². The van der Waals surface area contributed by atoms with Gasteiger partial charge in [0.2, 0.25) is 10.0 Å². The predicted octanol–water partition coefficient (Wildman–Crippen LogP) is 3.15. The standard InChI is InChI=1S/C18H18N4O4S2/c23-22(24)14-6-7-16-17(12-14)27-18(19-16)21-10-8-13(9-11-21)20-28(25,26)15-4-2-1-3-5-15/h1-7,12-13,20H,8-11H2. The average Bonchev–Trinajstić information content (AvgIpc) is 3.12. The van der Waals surface area contributed by atoms with E-state index in [1.807, 2.05) is 0 Å². The average molecular weight is 419 g/mol. The van der Waals surface area contributed by atoms with Crippen molar-refractivity contribution in [1.82, 2.24) is 9.71 Å². The summed E-state index contributed by atoms with van der Waals surface area (Å²) in [5.74, 6) is 0. The number of hydrogen-bond acceptors (Lipinski definition) is 7. The second kappa shape index (κ2) is 7.46. The third-order valence-electron chi connectivity index (χ3n) is 4.71. The molecule has 146 valence electrons. The molecule has 2 aromatic carbocycles. The summed E-state index contributed by atoms with van der Waals surface area (Å²) in [6.07, 6.45) is 1.34. The van der Waals surface area contributed by atoms with Crippen LogP contribution in [0.15, 0.2) is 53.4 Å². The number of fused-ring (bicyclic) bond motifs is 1. The van der Waals surface area contributed by atoms with E-state index in [1.54, 1.807) is 36.4 Å². The lowest BCUT2D eigenvalue weighted by Gasteiger charge is -2.31. The molecule has 0 saturated carbocycles. The fraction of sp³-hybridized carbons (Fsp3) is 0.278. The molecule has 2 heterocycles. The van der Waals surface area contributed by atoms with Crippen molar-refractivity contribution in [2.24, 2.45) is 0 Å². The Kier molecular flexibility index (Phi) is 5.00.